The van der Waals surface area contributed by atoms with Gasteiger partial charge in [0.05, 0.1) is 12.0 Å². The zero-order chi connectivity index (χ0) is 18.2. The van der Waals surface area contributed by atoms with Crippen LogP contribution in [-0.4, -0.2) is 18.0 Å². The minimum atomic E-state index is -0.158. The second kappa shape index (κ2) is 6.62. The third kappa shape index (κ3) is 3.09. The molecular formula is C23H28O3. The van der Waals surface area contributed by atoms with Gasteiger partial charge in [-0.2, -0.15) is 0 Å². The lowest BCUT2D eigenvalue weighted by molar-refractivity contribution is -0.259. The summed E-state index contributed by atoms with van der Waals surface area (Å²) in [5.74, 6) is 1.19. The maximum absolute atomic E-state index is 9.67. The third-order valence-corrected chi connectivity index (χ3v) is 6.02. The Balaban J connectivity index is 1.61. The fourth-order valence-corrected chi connectivity index (χ4v) is 4.33. The maximum Gasteiger partial charge on any atom is 0.207 e. The van der Waals surface area contributed by atoms with Crippen molar-refractivity contribution >= 4 is 0 Å². The summed E-state index contributed by atoms with van der Waals surface area (Å²) < 4.78 is 11.6. The first-order chi connectivity index (χ1) is 12.5. The topological polar surface area (TPSA) is 38.7 Å². The van der Waals surface area contributed by atoms with E-state index in [2.05, 4.69) is 50.2 Å². The van der Waals surface area contributed by atoms with Crippen molar-refractivity contribution in [1.82, 2.24) is 0 Å². The number of ether oxygens (including phenoxy) is 2. The van der Waals surface area contributed by atoms with Crippen LogP contribution in [0.3, 0.4) is 0 Å². The van der Waals surface area contributed by atoms with E-state index >= 15 is 0 Å². The van der Waals surface area contributed by atoms with Gasteiger partial charge in [-0.05, 0) is 48.2 Å². The van der Waals surface area contributed by atoms with Gasteiger partial charge < -0.3 is 14.6 Å². The van der Waals surface area contributed by atoms with Crippen LogP contribution in [0.25, 0.3) is 0 Å². The van der Waals surface area contributed by atoms with Crippen LogP contribution in [0.1, 0.15) is 57.1 Å². The number of aromatic hydroxyl groups is 1. The zero-order valence-corrected chi connectivity index (χ0v) is 15.7. The summed E-state index contributed by atoms with van der Waals surface area (Å²) in [6, 6.07) is 16.3. The van der Waals surface area contributed by atoms with Gasteiger partial charge in [0.25, 0.3) is 0 Å². The lowest BCUT2D eigenvalue weighted by atomic mass is 9.65. The lowest BCUT2D eigenvalue weighted by Crippen LogP contribution is -2.51. The highest BCUT2D eigenvalue weighted by atomic mass is 16.7. The normalized spacial score (nSPS) is 23.8. The number of benzene rings is 2. The summed E-state index contributed by atoms with van der Waals surface area (Å²) in [5.41, 5.74) is 2.75. The van der Waals surface area contributed by atoms with Crippen LogP contribution < -0.4 is 4.74 Å². The lowest BCUT2D eigenvalue weighted by Gasteiger charge is -2.43. The molecule has 2 aliphatic rings. The highest BCUT2D eigenvalue weighted by molar-refractivity contribution is 5.43. The van der Waals surface area contributed by atoms with Crippen LogP contribution in [-0.2, 0) is 10.2 Å². The number of hydrogen-bond donors (Lipinski definition) is 1. The fourth-order valence-electron chi connectivity index (χ4n) is 4.33. The highest BCUT2D eigenvalue weighted by Crippen LogP contribution is 2.45. The van der Waals surface area contributed by atoms with Crippen molar-refractivity contribution in [3.05, 3.63) is 59.7 Å². The van der Waals surface area contributed by atoms with Crippen LogP contribution in [0.5, 0.6) is 11.5 Å². The first-order valence-electron chi connectivity index (χ1n) is 9.68. The molecule has 1 aliphatic heterocycles. The smallest absolute Gasteiger partial charge is 0.207 e. The maximum atomic E-state index is 9.67. The van der Waals surface area contributed by atoms with Crippen molar-refractivity contribution < 1.29 is 14.6 Å². The Morgan fingerprint density at radius 1 is 0.885 bits per heavy atom. The van der Waals surface area contributed by atoms with E-state index in [4.69, 9.17) is 9.47 Å². The molecule has 1 aliphatic carbocycles. The molecule has 0 aromatic heterocycles. The van der Waals surface area contributed by atoms with Crippen molar-refractivity contribution in [1.29, 1.82) is 0 Å². The van der Waals surface area contributed by atoms with Crippen LogP contribution in [0.15, 0.2) is 48.5 Å². The number of hydrogen-bond acceptors (Lipinski definition) is 3. The quantitative estimate of drug-likeness (QED) is 0.800. The molecule has 0 spiro atoms. The predicted molar refractivity (Wildman–Crippen MR) is 103 cm³/mol. The first kappa shape index (κ1) is 17.4. The first-order valence-corrected chi connectivity index (χ1v) is 9.68. The van der Waals surface area contributed by atoms with Gasteiger partial charge in [-0.1, -0.05) is 57.4 Å². The predicted octanol–water partition coefficient (Wildman–Crippen LogP) is 5.40. The Labute approximate surface area is 156 Å². The molecule has 2 fully saturated rings. The van der Waals surface area contributed by atoms with Gasteiger partial charge in [0.15, 0.2) is 0 Å². The zero-order valence-electron chi connectivity index (χ0n) is 15.7. The van der Waals surface area contributed by atoms with Crippen molar-refractivity contribution in [2.45, 2.75) is 57.7 Å². The van der Waals surface area contributed by atoms with E-state index in [1.807, 2.05) is 0 Å². The van der Waals surface area contributed by atoms with Gasteiger partial charge in [0, 0.05) is 5.41 Å². The Kier molecular flexibility index (Phi) is 4.44. The Morgan fingerprint density at radius 2 is 1.46 bits per heavy atom. The van der Waals surface area contributed by atoms with Gasteiger partial charge >= 0.3 is 0 Å². The molecule has 4 rings (SSSR count). The second-order valence-corrected chi connectivity index (χ2v) is 8.46. The monoisotopic (exact) mass is 352 g/mol. The Bertz CT molecular complexity index is 740. The number of phenolic OH excluding ortho intramolecular Hbond substituents is 1. The molecule has 1 N–H and O–H groups in total. The van der Waals surface area contributed by atoms with Crippen LogP contribution >= 0.6 is 0 Å². The minimum Gasteiger partial charge on any atom is -0.508 e. The van der Waals surface area contributed by atoms with Crippen LogP contribution in [0.2, 0.25) is 0 Å². The fraction of sp³-hybridized carbons (Fsp3) is 0.478. The summed E-state index contributed by atoms with van der Waals surface area (Å²) in [7, 11) is 0. The average Bonchev–Trinajstić information content (AvgIpc) is 2.67. The molecule has 2 aromatic rings. The van der Waals surface area contributed by atoms with E-state index in [1.165, 1.54) is 30.4 Å². The van der Waals surface area contributed by atoms with Gasteiger partial charge in [0.2, 0.25) is 6.29 Å². The molecule has 3 nitrogen and oxygen atoms in total. The SMILES string of the molecule is CC1(C)COC1Oc1ccc(C2(c3ccc(O)cc3)CCCCC2)cc1. The Morgan fingerprint density at radius 3 is 1.96 bits per heavy atom. The number of phenols is 1. The Hall–Kier alpha value is -2.00. The molecule has 1 heterocycles. The van der Waals surface area contributed by atoms with Crippen molar-refractivity contribution in [2.75, 3.05) is 6.61 Å². The molecular weight excluding hydrogens is 324 g/mol. The molecule has 1 saturated heterocycles. The van der Waals surface area contributed by atoms with Gasteiger partial charge in [-0.3, -0.25) is 0 Å². The summed E-state index contributed by atoms with van der Waals surface area (Å²) in [5, 5.41) is 9.67. The van der Waals surface area contributed by atoms with E-state index in [9.17, 15) is 5.11 Å². The largest absolute Gasteiger partial charge is 0.508 e. The highest BCUT2D eigenvalue weighted by Gasteiger charge is 2.42. The molecule has 3 heteroatoms. The van der Waals surface area contributed by atoms with E-state index in [0.717, 1.165) is 25.2 Å². The third-order valence-electron chi connectivity index (χ3n) is 6.02. The van der Waals surface area contributed by atoms with Gasteiger partial charge in [-0.25, -0.2) is 0 Å². The summed E-state index contributed by atoms with van der Waals surface area (Å²) >= 11 is 0. The van der Waals surface area contributed by atoms with Gasteiger partial charge in [-0.15, -0.1) is 0 Å². The van der Waals surface area contributed by atoms with Crippen LogP contribution in [0.4, 0.5) is 0 Å². The van der Waals surface area contributed by atoms with E-state index in [0.29, 0.717) is 5.75 Å². The van der Waals surface area contributed by atoms with Crippen molar-refractivity contribution in [2.24, 2.45) is 5.41 Å². The summed E-state index contributed by atoms with van der Waals surface area (Å²) in [4.78, 5) is 0. The van der Waals surface area contributed by atoms with E-state index in [1.54, 1.807) is 12.1 Å². The molecule has 0 bridgehead atoms. The summed E-state index contributed by atoms with van der Waals surface area (Å²) in [6.45, 7) is 5.08. The van der Waals surface area contributed by atoms with Crippen molar-refractivity contribution in [3.8, 4) is 11.5 Å². The summed E-state index contributed by atoms with van der Waals surface area (Å²) in [6.07, 6.45) is 5.92. The molecule has 138 valence electrons. The number of rotatable bonds is 4. The molecule has 1 saturated carbocycles. The van der Waals surface area contributed by atoms with Crippen LogP contribution in [0, 0.1) is 5.41 Å². The molecule has 26 heavy (non-hydrogen) atoms. The molecule has 0 radical (unpaired) electrons. The standard InChI is InChI=1S/C23H28O3/c1-22(2)16-25-21(22)26-20-12-8-18(9-13-20)23(14-4-3-5-15-23)17-6-10-19(24)11-7-17/h6-13,21,24H,3-5,14-16H2,1-2H3. The molecule has 1 atom stereocenters. The van der Waals surface area contributed by atoms with Crippen molar-refractivity contribution in [3.63, 3.8) is 0 Å². The van der Waals surface area contributed by atoms with Gasteiger partial charge in [0.1, 0.15) is 11.5 Å². The second-order valence-electron chi connectivity index (χ2n) is 8.46. The average molecular weight is 352 g/mol. The molecule has 1 unspecified atom stereocenters. The molecule has 2 aromatic carbocycles. The van der Waals surface area contributed by atoms with E-state index < -0.39 is 0 Å². The molecule has 0 amide bonds. The van der Waals surface area contributed by atoms with E-state index in [-0.39, 0.29) is 17.1 Å². The minimum absolute atomic E-state index is 0.0384.